The molecule has 0 unspecified atom stereocenters. The van der Waals surface area contributed by atoms with Gasteiger partial charge in [0, 0.05) is 0 Å². The quantitative estimate of drug-likeness (QED) is 0.516. The van der Waals surface area contributed by atoms with E-state index in [2.05, 4.69) is 0 Å². The summed E-state index contributed by atoms with van der Waals surface area (Å²) < 4.78 is 0. The molecule has 0 heterocycles. The SMILES string of the molecule is O=C(O)C1CCC(B(O)O)CC1. The molecule has 1 rings (SSSR count). The van der Waals surface area contributed by atoms with Gasteiger partial charge in [-0.15, -0.1) is 0 Å². The first-order valence-corrected chi connectivity index (χ1v) is 4.20. The zero-order chi connectivity index (χ0) is 9.14. The van der Waals surface area contributed by atoms with Crippen LogP contribution in [0.2, 0.25) is 5.82 Å². The lowest BCUT2D eigenvalue weighted by Crippen LogP contribution is -2.27. The van der Waals surface area contributed by atoms with Gasteiger partial charge in [-0.3, -0.25) is 4.79 Å². The molecule has 1 aliphatic rings. The molecule has 0 atom stereocenters. The van der Waals surface area contributed by atoms with Crippen LogP contribution in [0, 0.1) is 5.92 Å². The number of carbonyl (C=O) groups is 1. The number of carboxylic acid groups (broad SMARTS) is 1. The molecule has 0 aliphatic heterocycles. The van der Waals surface area contributed by atoms with Gasteiger partial charge in [-0.05, 0) is 18.7 Å². The van der Waals surface area contributed by atoms with Crippen LogP contribution in [0.3, 0.4) is 0 Å². The van der Waals surface area contributed by atoms with Crippen LogP contribution in [-0.2, 0) is 4.79 Å². The average Bonchev–Trinajstić information content (AvgIpc) is 2.04. The van der Waals surface area contributed by atoms with Crippen LogP contribution in [0.5, 0.6) is 0 Å². The second-order valence-electron chi connectivity index (χ2n) is 3.36. The van der Waals surface area contributed by atoms with E-state index >= 15 is 0 Å². The Morgan fingerprint density at radius 2 is 1.67 bits per heavy atom. The summed E-state index contributed by atoms with van der Waals surface area (Å²) in [4.78, 5) is 10.5. The largest absolute Gasteiger partial charge is 0.481 e. The van der Waals surface area contributed by atoms with Gasteiger partial charge in [-0.1, -0.05) is 12.8 Å². The zero-order valence-electron chi connectivity index (χ0n) is 6.81. The van der Waals surface area contributed by atoms with E-state index in [-0.39, 0.29) is 11.7 Å². The van der Waals surface area contributed by atoms with Crippen molar-refractivity contribution in [3.63, 3.8) is 0 Å². The van der Waals surface area contributed by atoms with E-state index in [9.17, 15) is 4.79 Å². The van der Waals surface area contributed by atoms with Gasteiger partial charge in [0.2, 0.25) is 0 Å². The molecule has 1 saturated carbocycles. The van der Waals surface area contributed by atoms with Crippen molar-refractivity contribution < 1.29 is 19.9 Å². The van der Waals surface area contributed by atoms with Crippen LogP contribution in [0.25, 0.3) is 0 Å². The molecule has 0 saturated heterocycles. The van der Waals surface area contributed by atoms with Crippen molar-refractivity contribution in [2.45, 2.75) is 31.5 Å². The maximum atomic E-state index is 10.5. The Bertz CT molecular complexity index is 163. The third-order valence-corrected chi connectivity index (χ3v) is 2.54. The fourth-order valence-corrected chi connectivity index (χ4v) is 1.66. The Labute approximate surface area is 71.4 Å². The third kappa shape index (κ3) is 2.22. The standard InChI is InChI=1S/C7H13BO4/c9-7(10)5-1-3-6(4-2-5)8(11)12/h5-6,11-12H,1-4H2,(H,9,10). The summed E-state index contributed by atoms with van der Waals surface area (Å²) in [5, 5.41) is 26.3. The van der Waals surface area contributed by atoms with Gasteiger partial charge in [0.05, 0.1) is 5.92 Å². The van der Waals surface area contributed by atoms with Crippen LogP contribution >= 0.6 is 0 Å². The van der Waals surface area contributed by atoms with Crippen molar-refractivity contribution >= 4 is 13.1 Å². The van der Waals surface area contributed by atoms with E-state index in [0.717, 1.165) is 0 Å². The van der Waals surface area contributed by atoms with Gasteiger partial charge >= 0.3 is 13.1 Å². The van der Waals surface area contributed by atoms with Crippen molar-refractivity contribution in [3.05, 3.63) is 0 Å². The lowest BCUT2D eigenvalue weighted by Gasteiger charge is -2.24. The highest BCUT2D eigenvalue weighted by atomic mass is 16.4. The highest BCUT2D eigenvalue weighted by Crippen LogP contribution is 2.33. The van der Waals surface area contributed by atoms with Crippen LogP contribution in [0.4, 0.5) is 0 Å². The molecule has 3 N–H and O–H groups in total. The van der Waals surface area contributed by atoms with Gasteiger partial charge in [-0.2, -0.15) is 0 Å². The van der Waals surface area contributed by atoms with Gasteiger partial charge < -0.3 is 15.2 Å². The summed E-state index contributed by atoms with van der Waals surface area (Å²) >= 11 is 0. The van der Waals surface area contributed by atoms with E-state index in [1.807, 2.05) is 0 Å². The number of rotatable bonds is 2. The average molecular weight is 172 g/mol. The fourth-order valence-electron chi connectivity index (χ4n) is 1.66. The topological polar surface area (TPSA) is 77.8 Å². The predicted molar refractivity (Wildman–Crippen MR) is 43.5 cm³/mol. The normalized spacial score (nSPS) is 29.8. The van der Waals surface area contributed by atoms with Crippen molar-refractivity contribution in [1.82, 2.24) is 0 Å². The lowest BCUT2D eigenvalue weighted by molar-refractivity contribution is -0.142. The van der Waals surface area contributed by atoms with E-state index in [1.54, 1.807) is 0 Å². The molecule has 1 aliphatic carbocycles. The van der Waals surface area contributed by atoms with Crippen LogP contribution in [0.15, 0.2) is 0 Å². The van der Waals surface area contributed by atoms with E-state index in [1.165, 1.54) is 0 Å². The van der Waals surface area contributed by atoms with Gasteiger partial charge in [0.25, 0.3) is 0 Å². The minimum Gasteiger partial charge on any atom is -0.481 e. The highest BCUT2D eigenvalue weighted by molar-refractivity contribution is 6.43. The van der Waals surface area contributed by atoms with Crippen molar-refractivity contribution in [1.29, 1.82) is 0 Å². The molecule has 68 valence electrons. The first-order valence-electron chi connectivity index (χ1n) is 4.20. The summed E-state index contributed by atoms with van der Waals surface area (Å²) in [5.74, 6) is -1.17. The first-order chi connectivity index (χ1) is 5.61. The smallest absolute Gasteiger partial charge is 0.454 e. The fraction of sp³-hybridized carbons (Fsp3) is 0.857. The maximum Gasteiger partial charge on any atom is 0.454 e. The second-order valence-corrected chi connectivity index (χ2v) is 3.36. The Balaban J connectivity index is 2.34. The summed E-state index contributed by atoms with van der Waals surface area (Å²) in [6.45, 7) is 0. The van der Waals surface area contributed by atoms with Crippen molar-refractivity contribution in [2.75, 3.05) is 0 Å². The van der Waals surface area contributed by atoms with E-state index in [4.69, 9.17) is 15.2 Å². The Hall–Kier alpha value is -0.545. The summed E-state index contributed by atoms with van der Waals surface area (Å²) in [7, 11) is -1.28. The predicted octanol–water partition coefficient (Wildman–Crippen LogP) is 0.104. The molecule has 0 radical (unpaired) electrons. The third-order valence-electron chi connectivity index (χ3n) is 2.54. The minimum absolute atomic E-state index is 0.124. The lowest BCUT2D eigenvalue weighted by atomic mass is 9.63. The first kappa shape index (κ1) is 9.54. The molecule has 0 aromatic rings. The molecule has 0 aromatic carbocycles. The van der Waals surface area contributed by atoms with Crippen molar-refractivity contribution in [3.8, 4) is 0 Å². The van der Waals surface area contributed by atoms with Gasteiger partial charge in [0.15, 0.2) is 0 Å². The number of aliphatic carboxylic acids is 1. The molecular formula is C7H13BO4. The molecule has 0 amide bonds. The minimum atomic E-state index is -1.28. The summed E-state index contributed by atoms with van der Waals surface area (Å²) in [5.41, 5.74) is 0. The van der Waals surface area contributed by atoms with Gasteiger partial charge in [0.1, 0.15) is 0 Å². The summed E-state index contributed by atoms with van der Waals surface area (Å²) in [6.07, 6.45) is 2.35. The zero-order valence-corrected chi connectivity index (χ0v) is 6.81. The number of hydrogen-bond acceptors (Lipinski definition) is 3. The van der Waals surface area contributed by atoms with Gasteiger partial charge in [-0.25, -0.2) is 0 Å². The number of carboxylic acids is 1. The Kier molecular flexibility index (Phi) is 3.11. The summed E-state index contributed by atoms with van der Waals surface area (Å²) in [6, 6.07) is 0. The molecule has 12 heavy (non-hydrogen) atoms. The molecule has 0 bridgehead atoms. The Morgan fingerprint density at radius 1 is 1.17 bits per heavy atom. The number of hydrogen-bond donors (Lipinski definition) is 3. The van der Waals surface area contributed by atoms with Crippen LogP contribution in [-0.4, -0.2) is 28.2 Å². The molecule has 1 fully saturated rings. The molecule has 0 spiro atoms. The van der Waals surface area contributed by atoms with Crippen LogP contribution < -0.4 is 0 Å². The molecular weight excluding hydrogens is 159 g/mol. The van der Waals surface area contributed by atoms with Crippen LogP contribution in [0.1, 0.15) is 25.7 Å². The Morgan fingerprint density at radius 3 is 2.00 bits per heavy atom. The van der Waals surface area contributed by atoms with E-state index in [0.29, 0.717) is 25.7 Å². The highest BCUT2D eigenvalue weighted by Gasteiger charge is 2.31. The van der Waals surface area contributed by atoms with Crippen molar-refractivity contribution in [2.24, 2.45) is 5.92 Å². The van der Waals surface area contributed by atoms with E-state index < -0.39 is 13.1 Å². The molecule has 5 heteroatoms. The monoisotopic (exact) mass is 172 g/mol. The second kappa shape index (κ2) is 3.91. The molecule has 0 aromatic heterocycles. The molecule has 4 nitrogen and oxygen atoms in total. The maximum absolute atomic E-state index is 10.5.